The molecule has 6 nitrogen and oxygen atoms in total. The van der Waals surface area contributed by atoms with E-state index in [1.54, 1.807) is 32.0 Å². The lowest BCUT2D eigenvalue weighted by atomic mass is 10.2. The van der Waals surface area contributed by atoms with Gasteiger partial charge in [-0.25, -0.2) is 0 Å². The summed E-state index contributed by atoms with van der Waals surface area (Å²) < 4.78 is 5.47. The van der Waals surface area contributed by atoms with Crippen molar-refractivity contribution in [3.05, 3.63) is 18.2 Å². The second kappa shape index (κ2) is 4.45. The monoisotopic (exact) mass is 291 g/mol. The van der Waals surface area contributed by atoms with Crippen molar-refractivity contribution in [2.24, 2.45) is 0 Å². The first-order valence-electron chi connectivity index (χ1n) is 6.23. The van der Waals surface area contributed by atoms with Gasteiger partial charge in [0.2, 0.25) is 0 Å². The molecule has 0 aromatic heterocycles. The smallest absolute Gasteiger partial charge is 0.265 e. The topological polar surface area (TPSA) is 70.7 Å². The lowest BCUT2D eigenvalue weighted by Gasteiger charge is -2.25. The average Bonchev–Trinajstić information content (AvgIpc) is 2.64. The van der Waals surface area contributed by atoms with Crippen LogP contribution in [0.2, 0.25) is 0 Å². The fraction of sp³-hybridized carbons (Fsp3) is 0.308. The normalized spacial score (nSPS) is 24.9. The third kappa shape index (κ3) is 1.90. The van der Waals surface area contributed by atoms with Crippen LogP contribution in [0.15, 0.2) is 18.2 Å². The molecule has 0 unspecified atom stereocenters. The van der Waals surface area contributed by atoms with E-state index >= 15 is 0 Å². The highest BCUT2D eigenvalue weighted by Crippen LogP contribution is 2.34. The van der Waals surface area contributed by atoms with E-state index in [0.29, 0.717) is 22.2 Å². The number of nitrogens with zero attached hydrogens (tertiary/aromatic N) is 1. The quantitative estimate of drug-likeness (QED) is 0.756. The van der Waals surface area contributed by atoms with Gasteiger partial charge in [-0.05, 0) is 44.3 Å². The lowest BCUT2D eigenvalue weighted by molar-refractivity contribution is -0.122. The lowest BCUT2D eigenvalue weighted by Crippen LogP contribution is -2.35. The Morgan fingerprint density at radius 3 is 2.70 bits per heavy atom. The van der Waals surface area contributed by atoms with Crippen LogP contribution in [0, 0.1) is 0 Å². The van der Waals surface area contributed by atoms with E-state index in [1.807, 2.05) is 0 Å². The summed E-state index contributed by atoms with van der Waals surface area (Å²) in [6.45, 7) is 3.43. The molecule has 0 aliphatic carbocycles. The van der Waals surface area contributed by atoms with E-state index in [-0.39, 0.29) is 17.9 Å². The third-order valence-electron chi connectivity index (χ3n) is 3.29. The molecule has 104 valence electrons. The molecule has 1 aromatic carbocycles. The van der Waals surface area contributed by atoms with Gasteiger partial charge in [-0.3, -0.25) is 14.5 Å². The second-order valence-corrected chi connectivity index (χ2v) is 5.16. The van der Waals surface area contributed by atoms with Crippen LogP contribution in [-0.2, 0) is 9.59 Å². The van der Waals surface area contributed by atoms with Crippen LogP contribution in [0.4, 0.5) is 11.4 Å². The zero-order valence-corrected chi connectivity index (χ0v) is 11.8. The Morgan fingerprint density at radius 1 is 1.30 bits per heavy atom. The van der Waals surface area contributed by atoms with Gasteiger partial charge in [-0.1, -0.05) is 0 Å². The molecule has 0 bridgehead atoms. The number of thiocarbonyl (C=S) groups is 1. The van der Waals surface area contributed by atoms with Crippen LogP contribution in [0.25, 0.3) is 0 Å². The predicted octanol–water partition coefficient (Wildman–Crippen LogP) is 1.02. The molecule has 2 aliphatic rings. The van der Waals surface area contributed by atoms with Crippen molar-refractivity contribution in [1.82, 2.24) is 5.32 Å². The number of fused-ring (bicyclic) bond motifs is 1. The van der Waals surface area contributed by atoms with E-state index in [9.17, 15) is 9.59 Å². The highest BCUT2D eigenvalue weighted by atomic mass is 32.1. The van der Waals surface area contributed by atoms with Gasteiger partial charge in [0, 0.05) is 0 Å². The van der Waals surface area contributed by atoms with Crippen molar-refractivity contribution in [2.75, 3.05) is 10.2 Å². The highest BCUT2D eigenvalue weighted by molar-refractivity contribution is 7.80. The Hall–Kier alpha value is -2.15. The number of anilines is 2. The van der Waals surface area contributed by atoms with Crippen LogP contribution < -0.4 is 20.3 Å². The molecule has 1 aromatic rings. The van der Waals surface area contributed by atoms with Crippen molar-refractivity contribution in [3.63, 3.8) is 0 Å². The first kappa shape index (κ1) is 12.9. The van der Waals surface area contributed by atoms with Gasteiger partial charge in [0.05, 0.1) is 11.4 Å². The van der Waals surface area contributed by atoms with E-state index in [1.165, 1.54) is 4.90 Å². The average molecular weight is 291 g/mol. The number of hydrogen-bond donors (Lipinski definition) is 2. The molecular weight excluding hydrogens is 278 g/mol. The second-order valence-electron chi connectivity index (χ2n) is 4.77. The highest BCUT2D eigenvalue weighted by Gasteiger charge is 2.34. The maximum absolute atomic E-state index is 12.1. The van der Waals surface area contributed by atoms with E-state index in [4.69, 9.17) is 17.0 Å². The molecule has 20 heavy (non-hydrogen) atoms. The summed E-state index contributed by atoms with van der Waals surface area (Å²) >= 11 is 5.15. The molecule has 1 fully saturated rings. The van der Waals surface area contributed by atoms with Crippen molar-refractivity contribution in [2.45, 2.75) is 26.0 Å². The molecule has 3 rings (SSSR count). The Kier molecular flexibility index (Phi) is 2.86. The fourth-order valence-corrected chi connectivity index (χ4v) is 2.56. The van der Waals surface area contributed by atoms with Gasteiger partial charge in [0.15, 0.2) is 11.2 Å². The number of carbonyl (C=O) groups is 2. The molecule has 2 amide bonds. The van der Waals surface area contributed by atoms with E-state index < -0.39 is 6.10 Å². The number of ether oxygens (including phenoxy) is 1. The maximum atomic E-state index is 12.1. The summed E-state index contributed by atoms with van der Waals surface area (Å²) in [7, 11) is 0. The minimum absolute atomic E-state index is 0.119. The molecule has 0 radical (unpaired) electrons. The summed E-state index contributed by atoms with van der Waals surface area (Å²) in [5.74, 6) is 0.252. The van der Waals surface area contributed by atoms with Gasteiger partial charge in [0.1, 0.15) is 11.8 Å². The molecule has 2 N–H and O–H groups in total. The summed E-state index contributed by atoms with van der Waals surface area (Å²) in [5, 5.41) is 6.01. The van der Waals surface area contributed by atoms with E-state index in [0.717, 1.165) is 0 Å². The Balaban J connectivity index is 1.97. The fourth-order valence-electron chi connectivity index (χ4n) is 2.19. The molecule has 1 saturated heterocycles. The van der Waals surface area contributed by atoms with Crippen LogP contribution in [0.1, 0.15) is 13.8 Å². The first-order chi connectivity index (χ1) is 9.47. The van der Waals surface area contributed by atoms with Crippen LogP contribution in [0.3, 0.4) is 0 Å². The standard InChI is InChI=1S/C13H13N3O3S/c1-6-12(18)16(13(20)14-6)8-3-4-10-9(5-8)15-11(17)7(2)19-10/h3-7H,1-2H3,(H,14,20)(H,15,17)/t6-,7+/m0/s1. The number of carbonyl (C=O) groups excluding carboxylic acids is 2. The molecule has 2 heterocycles. The van der Waals surface area contributed by atoms with Crippen molar-refractivity contribution in [1.29, 1.82) is 0 Å². The molecule has 0 saturated carbocycles. The zero-order valence-electron chi connectivity index (χ0n) is 11.0. The first-order valence-corrected chi connectivity index (χ1v) is 6.64. The van der Waals surface area contributed by atoms with Crippen LogP contribution in [-0.4, -0.2) is 29.1 Å². The Labute approximate surface area is 121 Å². The number of hydrogen-bond acceptors (Lipinski definition) is 4. The molecule has 7 heteroatoms. The minimum Gasteiger partial charge on any atom is -0.479 e. The molecule has 2 atom stereocenters. The predicted molar refractivity (Wildman–Crippen MR) is 77.8 cm³/mol. The van der Waals surface area contributed by atoms with Crippen LogP contribution >= 0.6 is 12.2 Å². The SMILES string of the molecule is C[C@@H]1NC(=S)N(c2ccc3c(c2)NC(=O)[C@@H](C)O3)C1=O. The summed E-state index contributed by atoms with van der Waals surface area (Å²) in [5.41, 5.74) is 1.15. The Morgan fingerprint density at radius 2 is 2.05 bits per heavy atom. The third-order valence-corrected chi connectivity index (χ3v) is 3.59. The van der Waals surface area contributed by atoms with Gasteiger partial charge in [0.25, 0.3) is 11.8 Å². The van der Waals surface area contributed by atoms with Gasteiger partial charge in [-0.2, -0.15) is 0 Å². The maximum Gasteiger partial charge on any atom is 0.265 e. The van der Waals surface area contributed by atoms with Gasteiger partial charge in [-0.15, -0.1) is 0 Å². The number of amides is 2. The van der Waals surface area contributed by atoms with Crippen molar-refractivity contribution in [3.8, 4) is 5.75 Å². The van der Waals surface area contributed by atoms with Gasteiger partial charge >= 0.3 is 0 Å². The summed E-state index contributed by atoms with van der Waals surface area (Å²) in [4.78, 5) is 25.1. The number of rotatable bonds is 1. The minimum atomic E-state index is -0.524. The van der Waals surface area contributed by atoms with Crippen molar-refractivity contribution < 1.29 is 14.3 Å². The van der Waals surface area contributed by atoms with Crippen LogP contribution in [0.5, 0.6) is 5.75 Å². The number of nitrogens with one attached hydrogen (secondary N) is 2. The van der Waals surface area contributed by atoms with Gasteiger partial charge < -0.3 is 15.4 Å². The number of benzene rings is 1. The molecule has 0 spiro atoms. The zero-order chi connectivity index (χ0) is 14.4. The molecular formula is C13H13N3O3S. The molecule has 2 aliphatic heterocycles. The largest absolute Gasteiger partial charge is 0.479 e. The Bertz CT molecular complexity index is 631. The van der Waals surface area contributed by atoms with E-state index in [2.05, 4.69) is 10.6 Å². The summed E-state index contributed by atoms with van der Waals surface area (Å²) in [6, 6.07) is 4.81. The summed E-state index contributed by atoms with van der Waals surface area (Å²) in [6.07, 6.45) is -0.524. The van der Waals surface area contributed by atoms with Crippen molar-refractivity contribution >= 4 is 40.5 Å².